The van der Waals surface area contributed by atoms with E-state index in [2.05, 4.69) is 9.97 Å². The zero-order valence-electron chi connectivity index (χ0n) is 17.2. The molecule has 0 bridgehead atoms. The normalized spacial score (nSPS) is 18.0. The summed E-state index contributed by atoms with van der Waals surface area (Å²) in [5, 5.41) is 18.8. The molecule has 32 heavy (non-hydrogen) atoms. The van der Waals surface area contributed by atoms with Crippen LogP contribution in [0.4, 0.5) is 16.0 Å². The van der Waals surface area contributed by atoms with E-state index in [1.807, 2.05) is 16.7 Å². The molecule has 0 spiro atoms. The molecule has 2 N–H and O–H groups in total. The second-order valence-electron chi connectivity index (χ2n) is 7.89. The number of nitrogens with zero attached hydrogens (tertiary/aromatic N) is 5. The number of carboxylic acid groups (broad SMARTS) is 1. The van der Waals surface area contributed by atoms with Gasteiger partial charge in [0.1, 0.15) is 17.9 Å². The number of aromatic carboxylic acids is 1. The molecular formula is C21H20FN5O5. The van der Waals surface area contributed by atoms with Gasteiger partial charge in [0.05, 0.1) is 29.3 Å². The van der Waals surface area contributed by atoms with E-state index in [-0.39, 0.29) is 35.2 Å². The van der Waals surface area contributed by atoms with Crippen LogP contribution in [0.3, 0.4) is 0 Å². The number of carbonyl (C=O) groups is 1. The van der Waals surface area contributed by atoms with Gasteiger partial charge < -0.3 is 29.3 Å². The predicted molar refractivity (Wildman–Crippen MR) is 113 cm³/mol. The van der Waals surface area contributed by atoms with Gasteiger partial charge in [-0.15, -0.1) is 0 Å². The molecule has 2 aliphatic heterocycles. The highest BCUT2D eigenvalue weighted by Gasteiger charge is 2.31. The number of halogens is 1. The Kier molecular flexibility index (Phi) is 4.61. The molecular weight excluding hydrogens is 421 g/mol. The van der Waals surface area contributed by atoms with Gasteiger partial charge in [-0.25, -0.2) is 19.2 Å². The van der Waals surface area contributed by atoms with Crippen molar-refractivity contribution in [3.05, 3.63) is 46.3 Å². The van der Waals surface area contributed by atoms with Crippen LogP contribution in [-0.4, -0.2) is 63.5 Å². The summed E-state index contributed by atoms with van der Waals surface area (Å²) in [6.07, 6.45) is 3.95. The Bertz CT molecular complexity index is 1280. The first kappa shape index (κ1) is 20.0. The molecule has 0 radical (unpaired) electrons. The van der Waals surface area contributed by atoms with Crippen LogP contribution in [-0.2, 0) is 0 Å². The number of hydrogen-bond donors (Lipinski definition) is 2. The third-order valence-corrected chi connectivity index (χ3v) is 5.88. The predicted octanol–water partition coefficient (Wildman–Crippen LogP) is 1.61. The van der Waals surface area contributed by atoms with Crippen molar-refractivity contribution in [3.63, 3.8) is 0 Å². The smallest absolute Gasteiger partial charge is 0.341 e. The lowest BCUT2D eigenvalue weighted by molar-refractivity contribution is 0.0694. The van der Waals surface area contributed by atoms with Gasteiger partial charge in [-0.3, -0.25) is 4.79 Å². The van der Waals surface area contributed by atoms with Crippen molar-refractivity contribution in [1.29, 1.82) is 0 Å². The van der Waals surface area contributed by atoms with Gasteiger partial charge in [0.25, 0.3) is 0 Å². The standard InChI is InChI=1S/C21H20FN5O5/c1-11-10-32-19-16-13(18(29)14(20(30)31)9-27(11)16)6-15(22)17(19)25-2-4-26(5-3-25)21-23-7-12(28)8-24-21/h6-9,11,28H,2-5,10H2,1H3,(H,30,31)/t11-/m0/s1. The Morgan fingerprint density at radius 3 is 2.50 bits per heavy atom. The maximum atomic E-state index is 15.3. The Morgan fingerprint density at radius 1 is 1.19 bits per heavy atom. The van der Waals surface area contributed by atoms with E-state index in [1.165, 1.54) is 18.6 Å². The van der Waals surface area contributed by atoms with Crippen LogP contribution in [0.5, 0.6) is 11.5 Å². The molecule has 0 aliphatic carbocycles. The molecule has 1 fully saturated rings. The Morgan fingerprint density at radius 2 is 1.84 bits per heavy atom. The molecule has 1 aromatic carbocycles. The van der Waals surface area contributed by atoms with E-state index in [1.54, 1.807) is 4.57 Å². The van der Waals surface area contributed by atoms with Gasteiger partial charge in [-0.05, 0) is 13.0 Å². The number of pyridine rings is 1. The summed E-state index contributed by atoms with van der Waals surface area (Å²) in [5.74, 6) is -1.28. The van der Waals surface area contributed by atoms with Crippen LogP contribution in [0.2, 0.25) is 0 Å². The highest BCUT2D eigenvalue weighted by atomic mass is 19.1. The minimum Gasteiger partial charge on any atom is -0.505 e. The molecule has 3 aromatic rings. The quantitative estimate of drug-likeness (QED) is 0.624. The number of benzene rings is 1. The molecule has 0 saturated carbocycles. The van der Waals surface area contributed by atoms with Crippen LogP contribution >= 0.6 is 0 Å². The molecule has 10 nitrogen and oxygen atoms in total. The summed E-state index contributed by atoms with van der Waals surface area (Å²) in [7, 11) is 0. The zero-order valence-corrected chi connectivity index (χ0v) is 17.2. The van der Waals surface area contributed by atoms with Crippen molar-refractivity contribution in [3.8, 4) is 11.5 Å². The molecule has 0 amide bonds. The lowest BCUT2D eigenvalue weighted by Crippen LogP contribution is -2.47. The highest BCUT2D eigenvalue weighted by molar-refractivity contribution is 5.97. The third-order valence-electron chi connectivity index (χ3n) is 5.88. The molecule has 1 saturated heterocycles. The van der Waals surface area contributed by atoms with Crippen LogP contribution in [0.25, 0.3) is 10.9 Å². The second-order valence-corrected chi connectivity index (χ2v) is 7.89. The number of rotatable bonds is 3. The van der Waals surface area contributed by atoms with Gasteiger partial charge in [0.15, 0.2) is 17.3 Å². The number of ether oxygens (including phenoxy) is 1. The maximum Gasteiger partial charge on any atom is 0.341 e. The summed E-state index contributed by atoms with van der Waals surface area (Å²) in [6, 6.07) is 0.890. The number of aromatic hydroxyl groups is 1. The van der Waals surface area contributed by atoms with Crippen molar-refractivity contribution in [2.24, 2.45) is 0 Å². The molecule has 1 atom stereocenters. The second kappa shape index (κ2) is 7.36. The van der Waals surface area contributed by atoms with Crippen LogP contribution in [0.15, 0.2) is 29.5 Å². The van der Waals surface area contributed by atoms with Crippen molar-refractivity contribution >= 4 is 28.5 Å². The van der Waals surface area contributed by atoms with Crippen molar-refractivity contribution in [1.82, 2.24) is 14.5 Å². The first-order chi connectivity index (χ1) is 15.3. The van der Waals surface area contributed by atoms with Gasteiger partial charge >= 0.3 is 5.97 Å². The number of anilines is 2. The average Bonchev–Trinajstić information content (AvgIpc) is 2.78. The maximum absolute atomic E-state index is 15.3. The summed E-state index contributed by atoms with van der Waals surface area (Å²) >= 11 is 0. The van der Waals surface area contributed by atoms with Crippen molar-refractivity contribution < 1.29 is 24.1 Å². The van der Waals surface area contributed by atoms with E-state index < -0.39 is 22.8 Å². The van der Waals surface area contributed by atoms with E-state index in [4.69, 9.17) is 4.74 Å². The summed E-state index contributed by atoms with van der Waals surface area (Å²) < 4.78 is 22.9. The summed E-state index contributed by atoms with van der Waals surface area (Å²) in [4.78, 5) is 36.3. The Balaban J connectivity index is 1.55. The van der Waals surface area contributed by atoms with Gasteiger partial charge in [0, 0.05) is 32.4 Å². The summed E-state index contributed by atoms with van der Waals surface area (Å²) in [6.45, 7) is 4.01. The van der Waals surface area contributed by atoms with E-state index in [0.29, 0.717) is 37.6 Å². The van der Waals surface area contributed by atoms with Crippen molar-refractivity contribution in [2.75, 3.05) is 42.6 Å². The van der Waals surface area contributed by atoms with Gasteiger partial charge in [-0.2, -0.15) is 0 Å². The molecule has 11 heteroatoms. The number of aromatic nitrogens is 3. The Labute approximate surface area is 181 Å². The zero-order chi connectivity index (χ0) is 22.6. The number of hydrogen-bond acceptors (Lipinski definition) is 8. The van der Waals surface area contributed by atoms with Crippen LogP contribution < -0.4 is 20.0 Å². The van der Waals surface area contributed by atoms with E-state index >= 15 is 4.39 Å². The largest absolute Gasteiger partial charge is 0.505 e. The molecule has 166 valence electrons. The minimum atomic E-state index is -1.35. The van der Waals surface area contributed by atoms with E-state index in [9.17, 15) is 19.8 Å². The third kappa shape index (κ3) is 3.08. The topological polar surface area (TPSA) is 121 Å². The summed E-state index contributed by atoms with van der Waals surface area (Å²) in [5.41, 5.74) is -0.472. The molecule has 4 heterocycles. The minimum absolute atomic E-state index is 0.0103. The number of carboxylic acids is 1. The molecule has 5 rings (SSSR count). The fraction of sp³-hybridized carbons (Fsp3) is 0.333. The van der Waals surface area contributed by atoms with Crippen molar-refractivity contribution in [2.45, 2.75) is 13.0 Å². The monoisotopic (exact) mass is 441 g/mol. The lowest BCUT2D eigenvalue weighted by Gasteiger charge is -2.38. The molecule has 2 aromatic heterocycles. The van der Waals surface area contributed by atoms with E-state index in [0.717, 1.165) is 6.07 Å². The van der Waals surface area contributed by atoms with Gasteiger partial charge in [-0.1, -0.05) is 0 Å². The fourth-order valence-electron chi connectivity index (χ4n) is 4.27. The average molecular weight is 441 g/mol. The molecule has 0 unspecified atom stereocenters. The van der Waals surface area contributed by atoms with Crippen LogP contribution in [0, 0.1) is 5.82 Å². The van der Waals surface area contributed by atoms with Crippen LogP contribution in [0.1, 0.15) is 23.3 Å². The Hall–Kier alpha value is -3.89. The fourth-order valence-corrected chi connectivity index (χ4v) is 4.27. The molecule has 2 aliphatic rings. The SMILES string of the molecule is C[C@H]1COc2c(N3CCN(c4ncc(O)cn4)CC3)c(F)cc3c(=O)c(C(=O)O)cn1c23. The lowest BCUT2D eigenvalue weighted by atomic mass is 10.1. The van der Waals surface area contributed by atoms with Gasteiger partial charge in [0.2, 0.25) is 11.4 Å². The highest BCUT2D eigenvalue weighted by Crippen LogP contribution is 2.42. The first-order valence-electron chi connectivity index (χ1n) is 10.1. The first-order valence-corrected chi connectivity index (χ1v) is 10.1. The number of piperazine rings is 1.